The number of thioether (sulfide) groups is 1. The summed E-state index contributed by atoms with van der Waals surface area (Å²) < 4.78 is 0. The van der Waals surface area contributed by atoms with E-state index in [2.05, 4.69) is 10.2 Å². The second-order valence-corrected chi connectivity index (χ2v) is 5.46. The Labute approximate surface area is 112 Å². The number of piperazine rings is 1. The van der Waals surface area contributed by atoms with Crippen molar-refractivity contribution in [2.24, 2.45) is 5.73 Å². The van der Waals surface area contributed by atoms with Crippen LogP contribution in [0, 0.1) is 0 Å². The highest BCUT2D eigenvalue weighted by atomic mass is 32.2. The molecule has 1 heterocycles. The van der Waals surface area contributed by atoms with Crippen molar-refractivity contribution in [3.05, 3.63) is 0 Å². The number of hydrogen-bond acceptors (Lipinski definition) is 4. The van der Waals surface area contributed by atoms with Crippen molar-refractivity contribution in [3.8, 4) is 0 Å². The summed E-state index contributed by atoms with van der Waals surface area (Å²) in [5.41, 5.74) is 5.12. The Morgan fingerprint density at radius 3 is 2.44 bits per heavy atom. The van der Waals surface area contributed by atoms with Crippen LogP contribution in [0.15, 0.2) is 0 Å². The van der Waals surface area contributed by atoms with Crippen LogP contribution in [0.4, 0.5) is 4.79 Å². The average molecular weight is 274 g/mol. The van der Waals surface area contributed by atoms with Crippen LogP contribution in [0.5, 0.6) is 0 Å². The van der Waals surface area contributed by atoms with Gasteiger partial charge in [-0.05, 0) is 25.5 Å². The lowest BCUT2D eigenvalue weighted by Gasteiger charge is -2.34. The quantitative estimate of drug-likeness (QED) is 0.712. The van der Waals surface area contributed by atoms with Gasteiger partial charge in [-0.2, -0.15) is 11.8 Å². The standard InChI is InChI=1S/C11H22N4O2S/c1-14-4-6-15(7-5-14)10(16)9(3-8-18-2)13-11(12)17/h9H,3-8H2,1-2H3,(H3,12,13,17). The van der Waals surface area contributed by atoms with Gasteiger partial charge in [0.05, 0.1) is 0 Å². The van der Waals surface area contributed by atoms with Crippen LogP contribution in [0.1, 0.15) is 6.42 Å². The minimum atomic E-state index is -0.636. The lowest BCUT2D eigenvalue weighted by atomic mass is 10.2. The van der Waals surface area contributed by atoms with Crippen molar-refractivity contribution in [3.63, 3.8) is 0 Å². The second kappa shape index (κ2) is 7.48. The van der Waals surface area contributed by atoms with E-state index in [0.29, 0.717) is 19.5 Å². The van der Waals surface area contributed by atoms with E-state index in [1.165, 1.54) is 0 Å². The second-order valence-electron chi connectivity index (χ2n) is 4.47. The van der Waals surface area contributed by atoms with Gasteiger partial charge in [0, 0.05) is 26.2 Å². The maximum Gasteiger partial charge on any atom is 0.312 e. The van der Waals surface area contributed by atoms with Crippen molar-refractivity contribution in [1.29, 1.82) is 0 Å². The van der Waals surface area contributed by atoms with Gasteiger partial charge < -0.3 is 20.9 Å². The van der Waals surface area contributed by atoms with E-state index in [0.717, 1.165) is 18.8 Å². The zero-order valence-electron chi connectivity index (χ0n) is 11.0. The number of amides is 3. The zero-order valence-corrected chi connectivity index (χ0v) is 11.8. The molecule has 1 atom stereocenters. The summed E-state index contributed by atoms with van der Waals surface area (Å²) in [5.74, 6) is 0.806. The summed E-state index contributed by atoms with van der Waals surface area (Å²) in [5, 5.41) is 2.54. The SMILES string of the molecule is CSCCC(NC(N)=O)C(=O)N1CCN(C)CC1. The molecular formula is C11H22N4O2S. The molecule has 0 radical (unpaired) electrons. The Kier molecular flexibility index (Phi) is 6.28. The van der Waals surface area contributed by atoms with Crippen LogP contribution < -0.4 is 11.1 Å². The molecular weight excluding hydrogens is 252 g/mol. The molecule has 0 aromatic rings. The van der Waals surface area contributed by atoms with E-state index in [1.807, 2.05) is 13.3 Å². The van der Waals surface area contributed by atoms with Gasteiger partial charge in [0.2, 0.25) is 5.91 Å². The number of nitrogens with zero attached hydrogens (tertiary/aromatic N) is 2. The van der Waals surface area contributed by atoms with Gasteiger partial charge in [-0.15, -0.1) is 0 Å². The number of urea groups is 1. The van der Waals surface area contributed by atoms with Crippen LogP contribution in [0.25, 0.3) is 0 Å². The first-order chi connectivity index (χ1) is 8.54. The molecule has 7 heteroatoms. The predicted molar refractivity (Wildman–Crippen MR) is 73.6 cm³/mol. The van der Waals surface area contributed by atoms with Crippen molar-refractivity contribution in [2.75, 3.05) is 45.2 Å². The van der Waals surface area contributed by atoms with Crippen molar-refractivity contribution in [2.45, 2.75) is 12.5 Å². The van der Waals surface area contributed by atoms with Crippen LogP contribution in [0.3, 0.4) is 0 Å². The number of carbonyl (C=O) groups is 2. The first-order valence-electron chi connectivity index (χ1n) is 6.07. The summed E-state index contributed by atoms with van der Waals surface area (Å²) in [7, 11) is 2.04. The number of primary amides is 1. The van der Waals surface area contributed by atoms with E-state index in [-0.39, 0.29) is 5.91 Å². The number of rotatable bonds is 5. The van der Waals surface area contributed by atoms with Crippen molar-refractivity contribution < 1.29 is 9.59 Å². The summed E-state index contributed by atoms with van der Waals surface area (Å²) in [6.07, 6.45) is 2.59. The van der Waals surface area contributed by atoms with Crippen LogP contribution in [0.2, 0.25) is 0 Å². The van der Waals surface area contributed by atoms with Gasteiger partial charge in [-0.25, -0.2) is 4.79 Å². The summed E-state index contributed by atoms with van der Waals surface area (Å²) in [6.45, 7) is 3.17. The highest BCUT2D eigenvalue weighted by Crippen LogP contribution is 2.07. The number of hydrogen-bond donors (Lipinski definition) is 2. The molecule has 1 aliphatic rings. The fraction of sp³-hybridized carbons (Fsp3) is 0.818. The van der Waals surface area contributed by atoms with E-state index in [9.17, 15) is 9.59 Å². The molecule has 0 aromatic heterocycles. The third-order valence-corrected chi connectivity index (χ3v) is 3.68. The molecule has 0 saturated carbocycles. The fourth-order valence-corrected chi connectivity index (χ4v) is 2.38. The number of carbonyl (C=O) groups excluding carboxylic acids is 2. The van der Waals surface area contributed by atoms with Crippen LogP contribution >= 0.6 is 11.8 Å². The van der Waals surface area contributed by atoms with Crippen molar-refractivity contribution in [1.82, 2.24) is 15.1 Å². The molecule has 0 bridgehead atoms. The topological polar surface area (TPSA) is 78.7 Å². The molecule has 1 saturated heterocycles. The number of nitrogens with two attached hydrogens (primary N) is 1. The lowest BCUT2D eigenvalue weighted by Crippen LogP contribution is -2.55. The van der Waals surface area contributed by atoms with Gasteiger partial charge >= 0.3 is 6.03 Å². The summed E-state index contributed by atoms with van der Waals surface area (Å²) >= 11 is 1.65. The Hall–Kier alpha value is -0.950. The molecule has 0 aliphatic carbocycles. The molecule has 3 amide bonds. The molecule has 3 N–H and O–H groups in total. The normalized spacial score (nSPS) is 18.4. The monoisotopic (exact) mass is 274 g/mol. The van der Waals surface area contributed by atoms with Gasteiger partial charge in [0.25, 0.3) is 0 Å². The van der Waals surface area contributed by atoms with Gasteiger partial charge in [0.1, 0.15) is 6.04 Å². The Balaban J connectivity index is 2.54. The third kappa shape index (κ3) is 4.73. The molecule has 1 unspecified atom stereocenters. The molecule has 0 aromatic carbocycles. The Morgan fingerprint density at radius 1 is 1.33 bits per heavy atom. The van der Waals surface area contributed by atoms with Gasteiger partial charge in [-0.3, -0.25) is 4.79 Å². The Bertz CT molecular complexity index is 293. The van der Waals surface area contributed by atoms with E-state index in [4.69, 9.17) is 5.73 Å². The summed E-state index contributed by atoms with van der Waals surface area (Å²) in [6, 6.07) is -1.12. The molecule has 104 valence electrons. The average Bonchev–Trinajstić information content (AvgIpc) is 2.34. The lowest BCUT2D eigenvalue weighted by molar-refractivity contribution is -0.134. The Morgan fingerprint density at radius 2 is 1.94 bits per heavy atom. The molecule has 6 nitrogen and oxygen atoms in total. The van der Waals surface area contributed by atoms with E-state index < -0.39 is 12.1 Å². The fourth-order valence-electron chi connectivity index (χ4n) is 1.91. The zero-order chi connectivity index (χ0) is 13.5. The highest BCUT2D eigenvalue weighted by molar-refractivity contribution is 7.98. The molecule has 18 heavy (non-hydrogen) atoms. The maximum absolute atomic E-state index is 12.3. The van der Waals surface area contributed by atoms with E-state index >= 15 is 0 Å². The highest BCUT2D eigenvalue weighted by Gasteiger charge is 2.26. The van der Waals surface area contributed by atoms with Crippen LogP contribution in [-0.2, 0) is 4.79 Å². The van der Waals surface area contributed by atoms with Gasteiger partial charge in [0.15, 0.2) is 0 Å². The molecule has 0 spiro atoms. The third-order valence-electron chi connectivity index (χ3n) is 3.04. The molecule has 1 rings (SSSR count). The number of nitrogens with one attached hydrogen (secondary N) is 1. The minimum Gasteiger partial charge on any atom is -0.352 e. The number of likely N-dealkylation sites (N-methyl/N-ethyl adjacent to an activating group) is 1. The van der Waals surface area contributed by atoms with Gasteiger partial charge in [-0.1, -0.05) is 0 Å². The largest absolute Gasteiger partial charge is 0.352 e. The van der Waals surface area contributed by atoms with Crippen molar-refractivity contribution >= 4 is 23.7 Å². The minimum absolute atomic E-state index is 0.0176. The smallest absolute Gasteiger partial charge is 0.312 e. The molecule has 1 fully saturated rings. The maximum atomic E-state index is 12.3. The first kappa shape index (κ1) is 15.1. The van der Waals surface area contributed by atoms with E-state index in [1.54, 1.807) is 16.7 Å². The summed E-state index contributed by atoms with van der Waals surface area (Å²) in [4.78, 5) is 27.2. The molecule has 1 aliphatic heterocycles. The van der Waals surface area contributed by atoms with Crippen LogP contribution in [-0.4, -0.2) is 73.0 Å². The first-order valence-corrected chi connectivity index (χ1v) is 7.46. The predicted octanol–water partition coefficient (Wildman–Crippen LogP) is -0.450.